The maximum atomic E-state index is 12.7. The molecule has 5 heteroatoms. The monoisotopic (exact) mass is 363 g/mol. The summed E-state index contributed by atoms with van der Waals surface area (Å²) in [6.07, 6.45) is 2.75. The third-order valence-electron chi connectivity index (χ3n) is 5.00. The summed E-state index contributed by atoms with van der Waals surface area (Å²) in [5.74, 6) is 0.0562. The number of hydrogen-bond acceptors (Lipinski definition) is 5. The lowest BCUT2D eigenvalue weighted by Gasteiger charge is -2.23. The smallest absolute Gasteiger partial charge is 0.197 e. The number of likely N-dealkylation sites (N-methyl/N-ethyl adjacent to an activating group) is 1. The van der Waals surface area contributed by atoms with E-state index >= 15 is 0 Å². The summed E-state index contributed by atoms with van der Waals surface area (Å²) in [7, 11) is 2.03. The minimum absolute atomic E-state index is 0.0830. The number of nitrogens with zero attached hydrogens (tertiary/aromatic N) is 1. The Hall–Kier alpha value is -3.05. The molecule has 0 amide bonds. The molecule has 1 aliphatic rings. The van der Waals surface area contributed by atoms with Gasteiger partial charge in [0.05, 0.1) is 5.56 Å². The third kappa shape index (κ3) is 3.11. The predicted molar refractivity (Wildman–Crippen MR) is 106 cm³/mol. The summed E-state index contributed by atoms with van der Waals surface area (Å²) in [5.41, 5.74) is 3.13. The molecule has 0 aliphatic carbocycles. The van der Waals surface area contributed by atoms with Crippen molar-refractivity contribution in [2.45, 2.75) is 13.3 Å². The van der Waals surface area contributed by atoms with Crippen molar-refractivity contribution >= 4 is 16.5 Å². The Kier molecular flexibility index (Phi) is 4.24. The second-order valence-electron chi connectivity index (χ2n) is 7.08. The molecule has 0 radical (unpaired) electrons. The molecule has 0 atom stereocenters. The van der Waals surface area contributed by atoms with Gasteiger partial charge >= 0.3 is 0 Å². The highest BCUT2D eigenvalue weighted by Crippen LogP contribution is 2.40. The predicted octanol–water partition coefficient (Wildman–Crippen LogP) is 3.90. The number of rotatable bonds is 2. The molecule has 3 aromatic rings. The van der Waals surface area contributed by atoms with E-state index in [2.05, 4.69) is 4.90 Å². The van der Waals surface area contributed by atoms with Gasteiger partial charge in [0.2, 0.25) is 0 Å². The van der Waals surface area contributed by atoms with E-state index in [4.69, 9.17) is 4.42 Å². The Morgan fingerprint density at radius 1 is 1.11 bits per heavy atom. The molecule has 0 saturated heterocycles. The molecule has 138 valence electrons. The van der Waals surface area contributed by atoms with E-state index in [0.29, 0.717) is 11.3 Å². The topological polar surface area (TPSA) is 73.9 Å². The van der Waals surface area contributed by atoms with Gasteiger partial charge in [0.15, 0.2) is 11.0 Å². The van der Waals surface area contributed by atoms with Crippen LogP contribution in [0.3, 0.4) is 0 Å². The second kappa shape index (κ2) is 6.59. The Morgan fingerprint density at radius 3 is 2.63 bits per heavy atom. The fourth-order valence-electron chi connectivity index (χ4n) is 3.55. The highest BCUT2D eigenvalue weighted by atomic mass is 16.3. The van der Waals surface area contributed by atoms with Gasteiger partial charge in [0, 0.05) is 30.8 Å². The highest BCUT2D eigenvalue weighted by Gasteiger charge is 2.22. The number of phenols is 2. The van der Waals surface area contributed by atoms with Crippen molar-refractivity contribution in [2.75, 3.05) is 20.1 Å². The molecule has 1 aliphatic heterocycles. The first-order valence-corrected chi connectivity index (χ1v) is 8.92. The van der Waals surface area contributed by atoms with Crippen LogP contribution in [-0.4, -0.2) is 35.3 Å². The van der Waals surface area contributed by atoms with Crippen LogP contribution in [0.1, 0.15) is 17.5 Å². The van der Waals surface area contributed by atoms with E-state index in [-0.39, 0.29) is 27.9 Å². The maximum Gasteiger partial charge on any atom is 0.197 e. The van der Waals surface area contributed by atoms with Gasteiger partial charge in [-0.25, -0.2) is 0 Å². The molecular weight excluding hydrogens is 342 g/mol. The molecule has 2 aromatic carbocycles. The minimum Gasteiger partial charge on any atom is -0.507 e. The van der Waals surface area contributed by atoms with E-state index in [0.717, 1.165) is 36.2 Å². The van der Waals surface area contributed by atoms with Gasteiger partial charge in [-0.1, -0.05) is 29.8 Å². The fourth-order valence-corrected chi connectivity index (χ4v) is 3.55. The van der Waals surface area contributed by atoms with Crippen LogP contribution in [0.5, 0.6) is 11.5 Å². The van der Waals surface area contributed by atoms with E-state index < -0.39 is 0 Å². The lowest BCUT2D eigenvalue weighted by molar-refractivity contribution is 0.369. The normalized spacial score (nSPS) is 15.1. The van der Waals surface area contributed by atoms with Crippen molar-refractivity contribution < 1.29 is 14.6 Å². The molecule has 0 unspecified atom stereocenters. The second-order valence-corrected chi connectivity index (χ2v) is 7.08. The van der Waals surface area contributed by atoms with Gasteiger partial charge < -0.3 is 19.5 Å². The van der Waals surface area contributed by atoms with Crippen LogP contribution in [0.15, 0.2) is 51.7 Å². The van der Waals surface area contributed by atoms with E-state index in [9.17, 15) is 15.0 Å². The summed E-state index contributed by atoms with van der Waals surface area (Å²) >= 11 is 0. The van der Waals surface area contributed by atoms with Crippen molar-refractivity contribution in [1.29, 1.82) is 0 Å². The lowest BCUT2D eigenvalue weighted by Crippen LogP contribution is -2.23. The van der Waals surface area contributed by atoms with Crippen LogP contribution < -0.4 is 5.43 Å². The molecule has 2 heterocycles. The average molecular weight is 363 g/mol. The highest BCUT2D eigenvalue weighted by molar-refractivity contribution is 5.96. The standard InChI is InChI=1S/C22H21NO4/c1-13-4-3-5-15(10-13)19-12-18(26)21-17(25)11-16(24)20(22(21)27-19)14-6-8-23(2)9-7-14/h3-6,10-12,24-25H,7-9H2,1-2H3. The van der Waals surface area contributed by atoms with Crippen LogP contribution in [0, 0.1) is 6.92 Å². The van der Waals surface area contributed by atoms with Crippen LogP contribution in [-0.2, 0) is 0 Å². The lowest BCUT2D eigenvalue weighted by atomic mass is 9.95. The first-order chi connectivity index (χ1) is 12.9. The zero-order valence-corrected chi connectivity index (χ0v) is 15.3. The van der Waals surface area contributed by atoms with Crippen LogP contribution in [0.25, 0.3) is 27.9 Å². The van der Waals surface area contributed by atoms with E-state index in [1.54, 1.807) is 0 Å². The van der Waals surface area contributed by atoms with E-state index in [1.807, 2.05) is 44.3 Å². The number of aryl methyl sites for hydroxylation is 1. The van der Waals surface area contributed by atoms with Crippen molar-refractivity contribution in [1.82, 2.24) is 4.90 Å². The summed E-state index contributed by atoms with van der Waals surface area (Å²) in [6.45, 7) is 3.56. The maximum absolute atomic E-state index is 12.7. The number of fused-ring (bicyclic) bond motifs is 1. The number of hydrogen-bond donors (Lipinski definition) is 2. The van der Waals surface area contributed by atoms with Gasteiger partial charge in [-0.2, -0.15) is 0 Å². The summed E-state index contributed by atoms with van der Waals surface area (Å²) in [6, 6.07) is 10.3. The molecule has 5 nitrogen and oxygen atoms in total. The molecule has 2 N–H and O–H groups in total. The third-order valence-corrected chi connectivity index (χ3v) is 5.00. The summed E-state index contributed by atoms with van der Waals surface area (Å²) in [4.78, 5) is 14.9. The number of aromatic hydroxyl groups is 2. The van der Waals surface area contributed by atoms with Gasteiger partial charge in [-0.3, -0.25) is 4.79 Å². The first kappa shape index (κ1) is 17.4. The SMILES string of the molecule is Cc1cccc(-c2cc(=O)c3c(O)cc(O)c(C4=CCN(C)CC4)c3o2)c1. The summed E-state index contributed by atoms with van der Waals surface area (Å²) in [5, 5.41) is 20.9. The zero-order valence-electron chi connectivity index (χ0n) is 15.3. The summed E-state index contributed by atoms with van der Waals surface area (Å²) < 4.78 is 6.08. The van der Waals surface area contributed by atoms with E-state index in [1.165, 1.54) is 12.1 Å². The fraction of sp³-hybridized carbons (Fsp3) is 0.227. The van der Waals surface area contributed by atoms with Crippen molar-refractivity contribution in [3.05, 3.63) is 63.8 Å². The Labute approximate surface area is 156 Å². The molecule has 0 saturated carbocycles. The average Bonchev–Trinajstić information content (AvgIpc) is 2.62. The molecule has 0 bridgehead atoms. The molecule has 0 fully saturated rings. The number of benzene rings is 2. The van der Waals surface area contributed by atoms with Gasteiger partial charge in [-0.15, -0.1) is 0 Å². The molecule has 1 aromatic heterocycles. The van der Waals surface area contributed by atoms with Gasteiger partial charge in [-0.05, 0) is 32.0 Å². The van der Waals surface area contributed by atoms with Crippen LogP contribution in [0.2, 0.25) is 0 Å². The Balaban J connectivity index is 2.02. The van der Waals surface area contributed by atoms with Crippen molar-refractivity contribution in [3.63, 3.8) is 0 Å². The largest absolute Gasteiger partial charge is 0.507 e. The van der Waals surface area contributed by atoms with Gasteiger partial charge in [0.25, 0.3) is 0 Å². The molecule has 27 heavy (non-hydrogen) atoms. The molecule has 4 rings (SSSR count). The molecular formula is C22H21NO4. The zero-order chi connectivity index (χ0) is 19.1. The Bertz CT molecular complexity index is 1130. The molecule has 0 spiro atoms. The quantitative estimate of drug-likeness (QED) is 0.722. The van der Waals surface area contributed by atoms with Crippen LogP contribution >= 0.6 is 0 Å². The minimum atomic E-state index is -0.333. The van der Waals surface area contributed by atoms with Crippen molar-refractivity contribution in [2.24, 2.45) is 0 Å². The van der Waals surface area contributed by atoms with Crippen LogP contribution in [0.4, 0.5) is 0 Å². The number of phenolic OH excluding ortho intramolecular Hbond substituents is 2. The van der Waals surface area contributed by atoms with Crippen molar-refractivity contribution in [3.8, 4) is 22.8 Å². The first-order valence-electron chi connectivity index (χ1n) is 8.92. The van der Waals surface area contributed by atoms with Gasteiger partial charge in [0.1, 0.15) is 22.6 Å². The Morgan fingerprint density at radius 2 is 1.93 bits per heavy atom.